The summed E-state index contributed by atoms with van der Waals surface area (Å²) in [7, 11) is 0. The molecule has 0 heteroatoms. The van der Waals surface area contributed by atoms with Crippen LogP contribution in [0.4, 0.5) is 0 Å². The van der Waals surface area contributed by atoms with E-state index in [2.05, 4.69) is 20.8 Å². The lowest BCUT2D eigenvalue weighted by atomic mass is 9.66. The van der Waals surface area contributed by atoms with Gasteiger partial charge in [-0.15, -0.1) is 0 Å². The summed E-state index contributed by atoms with van der Waals surface area (Å²) in [6, 6.07) is 0. The van der Waals surface area contributed by atoms with E-state index in [0.717, 1.165) is 29.6 Å². The third kappa shape index (κ3) is 2.32. The van der Waals surface area contributed by atoms with E-state index in [1.165, 1.54) is 32.1 Å². The largest absolute Gasteiger partial charge is 0.0651 e. The van der Waals surface area contributed by atoms with Gasteiger partial charge in [-0.05, 0) is 48.9 Å². The van der Waals surface area contributed by atoms with Crippen molar-refractivity contribution >= 4 is 0 Å². The first kappa shape index (κ1) is 10.5. The van der Waals surface area contributed by atoms with Crippen LogP contribution < -0.4 is 0 Å². The molecule has 2 aliphatic carbocycles. The molecular formula is C14H26. The lowest BCUT2D eigenvalue weighted by Crippen LogP contribution is -2.30. The summed E-state index contributed by atoms with van der Waals surface area (Å²) < 4.78 is 0. The molecule has 0 N–H and O–H groups in total. The molecule has 2 aliphatic rings. The second-order valence-corrected chi connectivity index (χ2v) is 6.07. The molecule has 14 heavy (non-hydrogen) atoms. The maximum atomic E-state index is 2.49. The lowest BCUT2D eigenvalue weighted by Gasteiger charge is -2.39. The molecular weight excluding hydrogens is 168 g/mol. The molecule has 0 aromatic rings. The minimum absolute atomic E-state index is 0.993. The maximum Gasteiger partial charge on any atom is -0.0362 e. The molecule has 0 bridgehead atoms. The highest BCUT2D eigenvalue weighted by molar-refractivity contribution is 4.86. The average Bonchev–Trinajstić information content (AvgIpc) is 2.87. The van der Waals surface area contributed by atoms with E-state index in [9.17, 15) is 0 Å². The first-order chi connectivity index (χ1) is 6.70. The molecule has 2 fully saturated rings. The molecule has 4 unspecified atom stereocenters. The van der Waals surface area contributed by atoms with Crippen LogP contribution in [0.1, 0.15) is 59.3 Å². The molecule has 4 atom stereocenters. The molecule has 0 nitrogen and oxygen atoms in total. The van der Waals surface area contributed by atoms with Gasteiger partial charge < -0.3 is 0 Å². The first-order valence-electron chi connectivity index (χ1n) is 6.70. The molecule has 0 heterocycles. The van der Waals surface area contributed by atoms with Gasteiger partial charge in [0.2, 0.25) is 0 Å². The summed E-state index contributed by atoms with van der Waals surface area (Å²) in [6.07, 6.45) is 9.07. The average molecular weight is 194 g/mol. The summed E-state index contributed by atoms with van der Waals surface area (Å²) in [5, 5.41) is 0. The second kappa shape index (κ2) is 4.24. The van der Waals surface area contributed by atoms with Crippen LogP contribution in [-0.4, -0.2) is 0 Å². The Balaban J connectivity index is 1.94. The van der Waals surface area contributed by atoms with Crippen molar-refractivity contribution in [1.82, 2.24) is 0 Å². The van der Waals surface area contributed by atoms with Gasteiger partial charge >= 0.3 is 0 Å². The Bertz CT molecular complexity index is 178. The molecule has 0 amide bonds. The molecule has 82 valence electrons. The van der Waals surface area contributed by atoms with Gasteiger partial charge in [-0.2, -0.15) is 0 Å². The fourth-order valence-electron chi connectivity index (χ4n) is 3.85. The summed E-state index contributed by atoms with van der Waals surface area (Å²) in [5.74, 6) is 5.24. The Morgan fingerprint density at radius 2 is 1.79 bits per heavy atom. The summed E-state index contributed by atoms with van der Waals surface area (Å²) in [6.45, 7) is 7.35. The lowest BCUT2D eigenvalue weighted by molar-refractivity contribution is 0.108. The number of rotatable bonds is 3. The van der Waals surface area contributed by atoms with Crippen molar-refractivity contribution < 1.29 is 0 Å². The van der Waals surface area contributed by atoms with Gasteiger partial charge in [0.1, 0.15) is 0 Å². The van der Waals surface area contributed by atoms with Gasteiger partial charge in [0.05, 0.1) is 0 Å². The van der Waals surface area contributed by atoms with Crippen LogP contribution in [0.3, 0.4) is 0 Å². The monoisotopic (exact) mass is 194 g/mol. The van der Waals surface area contributed by atoms with E-state index in [-0.39, 0.29) is 0 Å². The Morgan fingerprint density at radius 1 is 1.07 bits per heavy atom. The second-order valence-electron chi connectivity index (χ2n) is 6.07. The topological polar surface area (TPSA) is 0 Å². The van der Waals surface area contributed by atoms with Gasteiger partial charge in [-0.3, -0.25) is 0 Å². The van der Waals surface area contributed by atoms with E-state index in [0.29, 0.717) is 0 Å². The fourth-order valence-corrected chi connectivity index (χ4v) is 3.85. The van der Waals surface area contributed by atoms with Gasteiger partial charge in [0.15, 0.2) is 0 Å². The highest BCUT2D eigenvalue weighted by Gasteiger charge is 2.36. The summed E-state index contributed by atoms with van der Waals surface area (Å²) >= 11 is 0. The van der Waals surface area contributed by atoms with Crippen LogP contribution >= 0.6 is 0 Å². The number of hydrogen-bond donors (Lipinski definition) is 0. The maximum absolute atomic E-state index is 2.49. The number of hydrogen-bond acceptors (Lipinski definition) is 0. The Kier molecular flexibility index (Phi) is 3.19. The molecule has 2 saturated carbocycles. The SMILES string of the molecule is CCC1C(C)CC(C)CC1CC1CC1. The fraction of sp³-hybridized carbons (Fsp3) is 1.00. The van der Waals surface area contributed by atoms with Gasteiger partial charge in [-0.1, -0.05) is 40.0 Å². The van der Waals surface area contributed by atoms with E-state index < -0.39 is 0 Å². The zero-order chi connectivity index (χ0) is 10.1. The minimum Gasteiger partial charge on any atom is -0.0651 e. The minimum atomic E-state index is 0.993. The molecule has 0 radical (unpaired) electrons. The predicted molar refractivity (Wildman–Crippen MR) is 62.2 cm³/mol. The van der Waals surface area contributed by atoms with Crippen molar-refractivity contribution in [3.63, 3.8) is 0 Å². The molecule has 0 aromatic heterocycles. The van der Waals surface area contributed by atoms with E-state index in [1.807, 2.05) is 0 Å². The van der Waals surface area contributed by atoms with E-state index in [4.69, 9.17) is 0 Å². The Morgan fingerprint density at radius 3 is 2.36 bits per heavy atom. The van der Waals surface area contributed by atoms with Crippen LogP contribution in [-0.2, 0) is 0 Å². The van der Waals surface area contributed by atoms with Gasteiger partial charge in [0, 0.05) is 0 Å². The van der Waals surface area contributed by atoms with Crippen LogP contribution in [0.5, 0.6) is 0 Å². The third-order valence-corrected chi connectivity index (χ3v) is 4.62. The quantitative estimate of drug-likeness (QED) is 0.621. The summed E-state index contributed by atoms with van der Waals surface area (Å²) in [5.41, 5.74) is 0. The third-order valence-electron chi connectivity index (χ3n) is 4.62. The smallest absolute Gasteiger partial charge is 0.0362 e. The summed E-state index contributed by atoms with van der Waals surface area (Å²) in [4.78, 5) is 0. The van der Waals surface area contributed by atoms with Crippen LogP contribution in [0.2, 0.25) is 0 Å². The van der Waals surface area contributed by atoms with Gasteiger partial charge in [0.25, 0.3) is 0 Å². The highest BCUT2D eigenvalue weighted by atomic mass is 14.4. The van der Waals surface area contributed by atoms with Gasteiger partial charge in [-0.25, -0.2) is 0 Å². The van der Waals surface area contributed by atoms with E-state index in [1.54, 1.807) is 6.42 Å². The Labute approximate surface area is 89.5 Å². The molecule has 0 aliphatic heterocycles. The van der Waals surface area contributed by atoms with Crippen molar-refractivity contribution in [3.05, 3.63) is 0 Å². The Hall–Kier alpha value is 0. The van der Waals surface area contributed by atoms with Crippen molar-refractivity contribution in [3.8, 4) is 0 Å². The van der Waals surface area contributed by atoms with Crippen molar-refractivity contribution in [2.24, 2.45) is 29.6 Å². The zero-order valence-corrected chi connectivity index (χ0v) is 10.1. The van der Waals surface area contributed by atoms with Crippen molar-refractivity contribution in [2.75, 3.05) is 0 Å². The highest BCUT2D eigenvalue weighted by Crippen LogP contribution is 2.46. The van der Waals surface area contributed by atoms with Crippen LogP contribution in [0, 0.1) is 29.6 Å². The first-order valence-corrected chi connectivity index (χ1v) is 6.70. The molecule has 0 spiro atoms. The molecule has 2 rings (SSSR count). The molecule has 0 aromatic carbocycles. The van der Waals surface area contributed by atoms with Crippen LogP contribution in [0.15, 0.2) is 0 Å². The normalized spacial score (nSPS) is 43.9. The zero-order valence-electron chi connectivity index (χ0n) is 10.1. The van der Waals surface area contributed by atoms with Crippen molar-refractivity contribution in [1.29, 1.82) is 0 Å². The standard InChI is InChI=1S/C14H26/c1-4-14-11(3)7-10(2)8-13(14)9-12-5-6-12/h10-14H,4-9H2,1-3H3. The van der Waals surface area contributed by atoms with Crippen molar-refractivity contribution in [2.45, 2.75) is 59.3 Å². The molecule has 0 saturated heterocycles. The predicted octanol–water partition coefficient (Wildman–Crippen LogP) is 4.49. The van der Waals surface area contributed by atoms with E-state index >= 15 is 0 Å². The van der Waals surface area contributed by atoms with Crippen LogP contribution in [0.25, 0.3) is 0 Å².